The maximum atomic E-state index is 12.9. The van der Waals surface area contributed by atoms with Gasteiger partial charge in [-0.15, -0.1) is 0 Å². The van der Waals surface area contributed by atoms with Crippen LogP contribution in [0.4, 0.5) is 24.5 Å². The predicted molar refractivity (Wildman–Crippen MR) is 126 cm³/mol. The minimum Gasteiger partial charge on any atom is -0.379 e. The molecule has 6 nitrogen and oxygen atoms in total. The van der Waals surface area contributed by atoms with Crippen LogP contribution in [-0.4, -0.2) is 43.0 Å². The summed E-state index contributed by atoms with van der Waals surface area (Å²) in [5.41, 5.74) is 1.32. The Morgan fingerprint density at radius 1 is 0.800 bits per heavy atom. The van der Waals surface area contributed by atoms with Crippen LogP contribution in [-0.2, 0) is 17.5 Å². The van der Waals surface area contributed by atoms with Crippen LogP contribution in [0.5, 0.6) is 0 Å². The van der Waals surface area contributed by atoms with Crippen LogP contribution in [0.25, 0.3) is 0 Å². The quantitative estimate of drug-likeness (QED) is 0.515. The number of rotatable bonds is 6. The molecule has 0 radical (unpaired) electrons. The average molecular weight is 483 g/mol. The van der Waals surface area contributed by atoms with E-state index in [1.807, 2.05) is 12.1 Å². The zero-order valence-electron chi connectivity index (χ0n) is 18.8. The second kappa shape index (κ2) is 10.7. The van der Waals surface area contributed by atoms with Crippen molar-refractivity contribution in [2.75, 3.05) is 36.9 Å². The van der Waals surface area contributed by atoms with Crippen LogP contribution in [0.3, 0.4) is 0 Å². The lowest BCUT2D eigenvalue weighted by molar-refractivity contribution is -0.137. The summed E-state index contributed by atoms with van der Waals surface area (Å²) in [6, 6.07) is 17.9. The minimum absolute atomic E-state index is 0.0245. The Bertz CT molecular complexity index is 1190. The maximum absolute atomic E-state index is 12.9. The molecule has 0 atom stereocenters. The largest absolute Gasteiger partial charge is 0.416 e. The molecule has 3 aromatic carbocycles. The third kappa shape index (κ3) is 6.68. The van der Waals surface area contributed by atoms with Gasteiger partial charge in [-0.2, -0.15) is 13.2 Å². The molecule has 1 heterocycles. The second-order valence-electron chi connectivity index (χ2n) is 8.15. The number of hydrogen-bond donors (Lipinski definition) is 2. The van der Waals surface area contributed by atoms with Gasteiger partial charge >= 0.3 is 6.18 Å². The van der Waals surface area contributed by atoms with Gasteiger partial charge in [0.05, 0.1) is 18.8 Å². The molecule has 4 rings (SSSR count). The van der Waals surface area contributed by atoms with Gasteiger partial charge in [0.25, 0.3) is 11.8 Å². The fraction of sp³-hybridized carbons (Fsp3) is 0.231. The first kappa shape index (κ1) is 24.4. The van der Waals surface area contributed by atoms with Crippen molar-refractivity contribution < 1.29 is 27.5 Å². The topological polar surface area (TPSA) is 70.7 Å². The fourth-order valence-electron chi connectivity index (χ4n) is 3.70. The van der Waals surface area contributed by atoms with E-state index in [-0.39, 0.29) is 17.2 Å². The van der Waals surface area contributed by atoms with Gasteiger partial charge in [-0.1, -0.05) is 24.3 Å². The maximum Gasteiger partial charge on any atom is 0.416 e. The lowest BCUT2D eigenvalue weighted by Crippen LogP contribution is -2.35. The van der Waals surface area contributed by atoms with E-state index in [1.165, 1.54) is 24.3 Å². The third-order valence-corrected chi connectivity index (χ3v) is 5.56. The molecule has 1 fully saturated rings. The molecule has 3 aromatic rings. The Labute approximate surface area is 200 Å². The Balaban J connectivity index is 1.38. The molecule has 2 N–H and O–H groups in total. The second-order valence-corrected chi connectivity index (χ2v) is 8.15. The number of carbonyl (C=O) groups excluding carboxylic acids is 2. The number of amides is 2. The molecule has 182 valence electrons. The number of morpholine rings is 1. The highest BCUT2D eigenvalue weighted by atomic mass is 19.4. The molecule has 1 aliphatic rings. The molecule has 9 heteroatoms. The zero-order valence-corrected chi connectivity index (χ0v) is 18.8. The van der Waals surface area contributed by atoms with E-state index < -0.39 is 17.6 Å². The summed E-state index contributed by atoms with van der Waals surface area (Å²) in [4.78, 5) is 27.5. The van der Waals surface area contributed by atoms with Crippen molar-refractivity contribution in [2.24, 2.45) is 0 Å². The van der Waals surface area contributed by atoms with E-state index >= 15 is 0 Å². The average Bonchev–Trinajstić information content (AvgIpc) is 2.85. The van der Waals surface area contributed by atoms with Crippen LogP contribution < -0.4 is 10.6 Å². The summed E-state index contributed by atoms with van der Waals surface area (Å²) in [5.74, 6) is -0.925. The predicted octanol–water partition coefficient (Wildman–Crippen LogP) is 5.04. The molecule has 35 heavy (non-hydrogen) atoms. The monoisotopic (exact) mass is 483 g/mol. The van der Waals surface area contributed by atoms with Gasteiger partial charge in [0, 0.05) is 42.1 Å². The molecule has 0 aliphatic carbocycles. The highest BCUT2D eigenvalue weighted by Gasteiger charge is 2.30. The number of hydrogen-bond acceptors (Lipinski definition) is 4. The number of anilines is 2. The van der Waals surface area contributed by atoms with Crippen LogP contribution in [0.15, 0.2) is 72.8 Å². The number of alkyl halides is 3. The highest BCUT2D eigenvalue weighted by Crippen LogP contribution is 2.30. The lowest BCUT2D eigenvalue weighted by Gasteiger charge is -2.26. The molecule has 0 unspecified atom stereocenters. The first-order valence-corrected chi connectivity index (χ1v) is 11.1. The molecular weight excluding hydrogens is 459 g/mol. The lowest BCUT2D eigenvalue weighted by atomic mass is 10.1. The Morgan fingerprint density at radius 2 is 1.40 bits per heavy atom. The van der Waals surface area contributed by atoms with Crippen molar-refractivity contribution in [3.63, 3.8) is 0 Å². The molecule has 0 aromatic heterocycles. The minimum atomic E-state index is -4.51. The SMILES string of the molecule is O=C(Nc1cccc(C(=O)Nc2cccc(C(F)(F)F)c2)c1)c1ccc(CN2CCOCC2)cc1. The first-order chi connectivity index (χ1) is 16.8. The number of nitrogens with zero attached hydrogens (tertiary/aromatic N) is 1. The fourth-order valence-corrected chi connectivity index (χ4v) is 3.70. The van der Waals surface area contributed by atoms with E-state index in [0.717, 1.165) is 50.5 Å². The molecule has 0 saturated carbocycles. The molecule has 1 saturated heterocycles. The van der Waals surface area contributed by atoms with E-state index in [0.29, 0.717) is 11.3 Å². The number of ether oxygens (including phenoxy) is 1. The summed E-state index contributed by atoms with van der Waals surface area (Å²) in [5, 5.41) is 5.21. The summed E-state index contributed by atoms with van der Waals surface area (Å²) in [6.45, 7) is 3.98. The van der Waals surface area contributed by atoms with Crippen molar-refractivity contribution in [1.82, 2.24) is 4.90 Å². The zero-order chi connectivity index (χ0) is 24.8. The summed E-state index contributed by atoms with van der Waals surface area (Å²) in [6.07, 6.45) is -4.51. The van der Waals surface area contributed by atoms with E-state index in [1.54, 1.807) is 24.3 Å². The Hall–Kier alpha value is -3.69. The summed E-state index contributed by atoms with van der Waals surface area (Å²) < 4.78 is 44.1. The Morgan fingerprint density at radius 3 is 2.06 bits per heavy atom. The highest BCUT2D eigenvalue weighted by molar-refractivity contribution is 6.07. The molecule has 0 spiro atoms. The number of nitrogens with one attached hydrogen (secondary N) is 2. The van der Waals surface area contributed by atoms with Crippen LogP contribution >= 0.6 is 0 Å². The summed E-state index contributed by atoms with van der Waals surface area (Å²) >= 11 is 0. The van der Waals surface area contributed by atoms with Gasteiger partial charge in [0.1, 0.15) is 0 Å². The van der Waals surface area contributed by atoms with Gasteiger partial charge in [-0.3, -0.25) is 14.5 Å². The first-order valence-electron chi connectivity index (χ1n) is 11.1. The smallest absolute Gasteiger partial charge is 0.379 e. The molecule has 0 bridgehead atoms. The van der Waals surface area contributed by atoms with Crippen molar-refractivity contribution >= 4 is 23.2 Å². The molecule has 1 aliphatic heterocycles. The summed E-state index contributed by atoms with van der Waals surface area (Å²) in [7, 11) is 0. The standard InChI is InChI=1S/C26H24F3N3O3/c27-26(28,29)21-4-2-6-23(16-21)31-25(34)20-3-1-5-22(15-20)30-24(33)19-9-7-18(8-10-19)17-32-11-13-35-14-12-32/h1-10,15-16H,11-14,17H2,(H,30,33)(H,31,34). The van der Waals surface area contributed by atoms with Gasteiger partial charge < -0.3 is 15.4 Å². The van der Waals surface area contributed by atoms with Crippen molar-refractivity contribution in [1.29, 1.82) is 0 Å². The van der Waals surface area contributed by atoms with Gasteiger partial charge in [0.2, 0.25) is 0 Å². The van der Waals surface area contributed by atoms with Crippen molar-refractivity contribution in [3.05, 3.63) is 95.1 Å². The molecule has 2 amide bonds. The Kier molecular flexibility index (Phi) is 7.48. The number of benzene rings is 3. The van der Waals surface area contributed by atoms with E-state index in [4.69, 9.17) is 4.74 Å². The van der Waals surface area contributed by atoms with Gasteiger partial charge in [0.15, 0.2) is 0 Å². The third-order valence-electron chi connectivity index (χ3n) is 5.56. The van der Waals surface area contributed by atoms with E-state index in [9.17, 15) is 22.8 Å². The van der Waals surface area contributed by atoms with Crippen LogP contribution in [0.2, 0.25) is 0 Å². The van der Waals surface area contributed by atoms with E-state index in [2.05, 4.69) is 15.5 Å². The van der Waals surface area contributed by atoms with Crippen LogP contribution in [0.1, 0.15) is 31.8 Å². The van der Waals surface area contributed by atoms with Crippen LogP contribution in [0, 0.1) is 0 Å². The van der Waals surface area contributed by atoms with Crippen molar-refractivity contribution in [2.45, 2.75) is 12.7 Å². The van der Waals surface area contributed by atoms with Gasteiger partial charge in [-0.05, 0) is 54.1 Å². The normalized spacial score (nSPS) is 14.4. The van der Waals surface area contributed by atoms with Gasteiger partial charge in [-0.25, -0.2) is 0 Å². The number of carbonyl (C=O) groups is 2. The van der Waals surface area contributed by atoms with Crippen molar-refractivity contribution in [3.8, 4) is 0 Å². The molecular formula is C26H24F3N3O3. The number of halogens is 3.